The van der Waals surface area contributed by atoms with E-state index < -0.39 is 23.1 Å². The minimum Gasteiger partial charge on any atom is -0.507 e. The largest absolute Gasteiger partial charge is 0.507 e. The fraction of sp³-hybridized carbons (Fsp3) is 0.250. The average Bonchev–Trinajstić information content (AvgIpc) is 2.94. The predicted molar refractivity (Wildman–Crippen MR) is 186 cm³/mol. The van der Waals surface area contributed by atoms with E-state index in [1.54, 1.807) is 19.9 Å². The number of Topliss-reactive ketones (excluding diaryl/α,β-unsaturated/α-hetero) is 2. The van der Waals surface area contributed by atoms with Crippen LogP contribution < -0.4 is 33.2 Å². The van der Waals surface area contributed by atoms with Crippen molar-refractivity contribution in [3.63, 3.8) is 0 Å². The third-order valence-corrected chi connectivity index (χ3v) is 8.04. The fourth-order valence-electron chi connectivity index (χ4n) is 6.04. The van der Waals surface area contributed by atoms with Gasteiger partial charge in [0.25, 0.3) is 0 Å². The summed E-state index contributed by atoms with van der Waals surface area (Å²) in [6.07, 6.45) is 2.53. The Hall–Kier alpha value is -5.08. The molecule has 0 fully saturated rings. The van der Waals surface area contributed by atoms with Crippen LogP contribution in [0, 0.1) is 25.7 Å². The molecule has 0 unspecified atom stereocenters. The number of hydrazine groups is 2. The van der Waals surface area contributed by atoms with Gasteiger partial charge >= 0.3 is 0 Å². The minimum absolute atomic E-state index is 0.0337. The van der Waals surface area contributed by atoms with Crippen molar-refractivity contribution in [1.82, 2.24) is 21.7 Å². The second kappa shape index (κ2) is 12.7. The number of aliphatic hydroxyl groups excluding tert-OH is 2. The van der Waals surface area contributed by atoms with Crippen LogP contribution in [-0.2, 0) is 9.59 Å². The number of benzene rings is 2. The second-order valence-corrected chi connectivity index (χ2v) is 12.4. The van der Waals surface area contributed by atoms with E-state index in [1.165, 1.54) is 18.5 Å². The van der Waals surface area contributed by atoms with Crippen molar-refractivity contribution >= 4 is 68.5 Å². The highest BCUT2D eigenvalue weighted by molar-refractivity contribution is 7.80. The number of aryl methyl sites for hydroxylation is 1. The summed E-state index contributed by atoms with van der Waals surface area (Å²) >= 11 is 9.64. The van der Waals surface area contributed by atoms with Crippen LogP contribution >= 0.6 is 24.4 Å². The first-order valence-electron chi connectivity index (χ1n) is 14.2. The Morgan fingerprint density at radius 2 is 1.22 bits per heavy atom. The number of hydrogen-bond donors (Lipinski definition) is 10. The number of aromatic hydroxyl groups is 2. The lowest BCUT2D eigenvalue weighted by Crippen LogP contribution is -2.38. The molecule has 0 aliphatic heterocycles. The third-order valence-electron chi connectivity index (χ3n) is 7.83. The molecule has 2 aliphatic rings. The molecule has 14 heteroatoms. The van der Waals surface area contributed by atoms with Gasteiger partial charge in [0, 0.05) is 40.2 Å². The van der Waals surface area contributed by atoms with E-state index >= 15 is 0 Å². The smallest absolute Gasteiger partial charge is 0.229 e. The first-order chi connectivity index (χ1) is 21.5. The van der Waals surface area contributed by atoms with Crippen LogP contribution in [-0.4, -0.2) is 42.2 Å². The maximum atomic E-state index is 13.5. The average molecular weight is 665 g/mol. The molecule has 2 aliphatic carbocycles. The van der Waals surface area contributed by atoms with Crippen molar-refractivity contribution in [2.75, 3.05) is 0 Å². The van der Waals surface area contributed by atoms with Crippen LogP contribution in [0.4, 0.5) is 0 Å². The maximum absolute atomic E-state index is 13.5. The van der Waals surface area contributed by atoms with Crippen LogP contribution in [0.3, 0.4) is 0 Å². The predicted octanol–water partition coefficient (Wildman–Crippen LogP) is 3.75. The van der Waals surface area contributed by atoms with E-state index in [1.807, 2.05) is 27.7 Å². The molecule has 46 heavy (non-hydrogen) atoms. The fourth-order valence-corrected chi connectivity index (χ4v) is 6.16. The molecule has 2 aromatic carbocycles. The van der Waals surface area contributed by atoms with Gasteiger partial charge in [0.2, 0.25) is 11.6 Å². The van der Waals surface area contributed by atoms with Crippen molar-refractivity contribution in [2.24, 2.45) is 23.3 Å². The summed E-state index contributed by atoms with van der Waals surface area (Å²) in [6.45, 7) is 10.7. The molecule has 12 N–H and O–H groups in total. The number of nitrogens with one attached hydrogen (secondary N) is 4. The number of allylic oxidation sites excluding steroid dienone is 4. The standard InChI is InChI=1S/C32H36N6O6S2/c1-11(2)20-16-7-13(5)22(28(42)25(16)18(27(41)29(20)43)10-36-38-32(34)46)24-14(6)23-15(8-19(24)39)17(9-35-37-31(33)45)26(40)30(44)21(23)12(3)4/h7-12,35-36,39,42-44H,1-6H3,(H3,33,37,45)(H3,34,38,46)/b17-9-,18-10+. The SMILES string of the molecule is Cc1cc2c(c(O)c1-c1c(O)cc3c(c1C)C(C(C)C)=C(O)C(=O)/C3=C\NNC(N)=S)/C(=C\NNC(N)=S)C(=O)C(O)=C2C(C)C. The zero-order valence-corrected chi connectivity index (χ0v) is 27.7. The van der Waals surface area contributed by atoms with Crippen molar-refractivity contribution < 1.29 is 30.0 Å². The van der Waals surface area contributed by atoms with Gasteiger partial charge in [-0.25, -0.2) is 0 Å². The second-order valence-electron chi connectivity index (χ2n) is 11.5. The first kappa shape index (κ1) is 33.8. The van der Waals surface area contributed by atoms with Gasteiger partial charge in [0.1, 0.15) is 11.5 Å². The maximum Gasteiger partial charge on any atom is 0.229 e. The van der Waals surface area contributed by atoms with Crippen molar-refractivity contribution in [1.29, 1.82) is 0 Å². The highest BCUT2D eigenvalue weighted by atomic mass is 32.1. The summed E-state index contributed by atoms with van der Waals surface area (Å²) in [6, 6.07) is 3.12. The van der Waals surface area contributed by atoms with Crippen LogP contribution in [0.1, 0.15) is 61.1 Å². The lowest BCUT2D eigenvalue weighted by molar-refractivity contribution is -0.113. The molecule has 0 amide bonds. The van der Waals surface area contributed by atoms with Crippen LogP contribution in [0.2, 0.25) is 0 Å². The molecule has 0 radical (unpaired) electrons. The van der Waals surface area contributed by atoms with Gasteiger partial charge in [-0.2, -0.15) is 0 Å². The van der Waals surface area contributed by atoms with Crippen LogP contribution in [0.25, 0.3) is 33.4 Å². The number of rotatable bonds is 7. The zero-order valence-electron chi connectivity index (χ0n) is 26.0. The number of fused-ring (bicyclic) bond motifs is 2. The molecule has 0 aromatic heterocycles. The van der Waals surface area contributed by atoms with Gasteiger partial charge in [0.05, 0.1) is 11.1 Å². The summed E-state index contributed by atoms with van der Waals surface area (Å²) in [5, 5.41) is 45.5. The Balaban J connectivity index is 2.10. The van der Waals surface area contributed by atoms with Crippen LogP contribution in [0.5, 0.6) is 11.5 Å². The van der Waals surface area contributed by atoms with E-state index in [0.29, 0.717) is 39.0 Å². The Morgan fingerprint density at radius 1 is 0.717 bits per heavy atom. The Bertz CT molecular complexity index is 1860. The van der Waals surface area contributed by atoms with E-state index in [0.717, 1.165) is 0 Å². The topological polar surface area (TPSA) is 215 Å². The normalized spacial score (nSPS) is 16.3. The molecule has 2 aromatic rings. The molecule has 242 valence electrons. The van der Waals surface area contributed by atoms with Gasteiger partial charge in [-0.15, -0.1) is 0 Å². The summed E-state index contributed by atoms with van der Waals surface area (Å²) in [5.41, 5.74) is 24.7. The highest BCUT2D eigenvalue weighted by Crippen LogP contribution is 2.53. The van der Waals surface area contributed by atoms with Gasteiger partial charge in [-0.1, -0.05) is 33.8 Å². The first-order valence-corrected chi connectivity index (χ1v) is 15.1. The van der Waals surface area contributed by atoms with Gasteiger partial charge in [-0.3, -0.25) is 20.4 Å². The molecule has 0 saturated carbocycles. The van der Waals surface area contributed by atoms with E-state index in [4.69, 9.17) is 35.9 Å². The van der Waals surface area contributed by atoms with Gasteiger partial charge in [0.15, 0.2) is 21.7 Å². The Morgan fingerprint density at radius 3 is 1.74 bits per heavy atom. The summed E-state index contributed by atoms with van der Waals surface area (Å²) in [5.74, 6) is -3.57. The van der Waals surface area contributed by atoms with Gasteiger partial charge < -0.3 is 42.7 Å². The van der Waals surface area contributed by atoms with Crippen molar-refractivity contribution in [3.05, 3.63) is 69.4 Å². The van der Waals surface area contributed by atoms with Crippen molar-refractivity contribution in [2.45, 2.75) is 41.5 Å². The molecule has 0 bridgehead atoms. The zero-order chi connectivity index (χ0) is 34.4. The lowest BCUT2D eigenvalue weighted by atomic mass is 9.74. The minimum atomic E-state index is -0.744. The number of carbonyl (C=O) groups excluding carboxylic acids is 2. The highest BCUT2D eigenvalue weighted by Gasteiger charge is 2.38. The summed E-state index contributed by atoms with van der Waals surface area (Å²) in [7, 11) is 0. The van der Waals surface area contributed by atoms with E-state index in [-0.39, 0.29) is 61.4 Å². The third kappa shape index (κ3) is 5.72. The summed E-state index contributed by atoms with van der Waals surface area (Å²) in [4.78, 5) is 26.8. The molecule has 0 saturated heterocycles. The number of nitrogens with two attached hydrogens (primary N) is 2. The molecule has 4 rings (SSSR count). The number of aliphatic hydroxyl groups is 2. The molecular formula is C32H36N6O6S2. The van der Waals surface area contributed by atoms with E-state index in [9.17, 15) is 30.0 Å². The monoisotopic (exact) mass is 664 g/mol. The molecule has 0 spiro atoms. The van der Waals surface area contributed by atoms with Crippen LogP contribution in [0.15, 0.2) is 36.1 Å². The number of hydrogen-bond acceptors (Lipinski definition) is 10. The molecule has 12 nitrogen and oxygen atoms in total. The van der Waals surface area contributed by atoms with E-state index in [2.05, 4.69) is 21.7 Å². The molecule has 0 atom stereocenters. The Labute approximate surface area is 276 Å². The number of carbonyl (C=O) groups is 2. The summed E-state index contributed by atoms with van der Waals surface area (Å²) < 4.78 is 0. The number of thiocarbonyl (C=S) groups is 2. The van der Waals surface area contributed by atoms with Gasteiger partial charge in [-0.05, 0) is 84.0 Å². The number of phenolic OH excluding ortho intramolecular Hbond substituents is 2. The van der Waals surface area contributed by atoms with Crippen molar-refractivity contribution in [3.8, 4) is 22.6 Å². The number of ketones is 2. The lowest BCUT2D eigenvalue weighted by Gasteiger charge is -2.30. The quantitative estimate of drug-likeness (QED) is 0.116. The number of phenols is 2. The molecular weight excluding hydrogens is 629 g/mol. The molecule has 0 heterocycles. The Kier molecular flexibility index (Phi) is 9.36.